The minimum Gasteiger partial charge on any atom is -0.381 e. The van der Waals surface area contributed by atoms with E-state index in [2.05, 4.69) is 59.4 Å². The van der Waals surface area contributed by atoms with Gasteiger partial charge in [-0.25, -0.2) is 0 Å². The molecular weight excluding hydrogens is 290 g/mol. The van der Waals surface area contributed by atoms with Crippen LogP contribution in [0.1, 0.15) is 25.8 Å². The van der Waals surface area contributed by atoms with Gasteiger partial charge in [-0.1, -0.05) is 35.0 Å². The van der Waals surface area contributed by atoms with Gasteiger partial charge >= 0.3 is 0 Å². The van der Waals surface area contributed by atoms with Crippen molar-refractivity contribution in [2.75, 3.05) is 26.3 Å². The van der Waals surface area contributed by atoms with E-state index < -0.39 is 0 Å². The fourth-order valence-corrected chi connectivity index (χ4v) is 2.18. The molecule has 0 radical (unpaired) electrons. The third-order valence-corrected chi connectivity index (χ3v) is 3.38. The maximum Gasteiger partial charge on any atom is 0.0509 e. The molecule has 0 amide bonds. The van der Waals surface area contributed by atoms with Gasteiger partial charge in [-0.05, 0) is 49.9 Å². The van der Waals surface area contributed by atoms with Gasteiger partial charge in [0, 0.05) is 17.6 Å². The smallest absolute Gasteiger partial charge is 0.0509 e. The number of rotatable bonds is 9. The van der Waals surface area contributed by atoms with E-state index in [4.69, 9.17) is 4.74 Å². The SMILES string of the molecule is CCCNCC(COCC)Cc1ccc(Br)cc1. The average molecular weight is 314 g/mol. The molecule has 1 aromatic carbocycles. The van der Waals surface area contributed by atoms with Gasteiger partial charge < -0.3 is 10.1 Å². The molecule has 0 aliphatic heterocycles. The van der Waals surface area contributed by atoms with Gasteiger partial charge in [-0.3, -0.25) is 0 Å². The maximum absolute atomic E-state index is 5.57. The number of benzene rings is 1. The highest BCUT2D eigenvalue weighted by atomic mass is 79.9. The van der Waals surface area contributed by atoms with E-state index in [0.717, 1.165) is 37.2 Å². The highest BCUT2D eigenvalue weighted by Crippen LogP contribution is 2.14. The van der Waals surface area contributed by atoms with Crippen LogP contribution in [0.15, 0.2) is 28.7 Å². The average Bonchev–Trinajstić information content (AvgIpc) is 2.38. The Hall–Kier alpha value is -0.380. The molecule has 1 aromatic rings. The van der Waals surface area contributed by atoms with Crippen LogP contribution in [0.25, 0.3) is 0 Å². The summed E-state index contributed by atoms with van der Waals surface area (Å²) in [7, 11) is 0. The molecule has 1 atom stereocenters. The van der Waals surface area contributed by atoms with Crippen molar-refractivity contribution >= 4 is 15.9 Å². The van der Waals surface area contributed by atoms with Crippen LogP contribution in [0, 0.1) is 5.92 Å². The van der Waals surface area contributed by atoms with Crippen LogP contribution >= 0.6 is 15.9 Å². The lowest BCUT2D eigenvalue weighted by Gasteiger charge is -2.17. The summed E-state index contributed by atoms with van der Waals surface area (Å²) in [4.78, 5) is 0. The van der Waals surface area contributed by atoms with E-state index in [0.29, 0.717) is 5.92 Å². The second-order valence-corrected chi connectivity index (χ2v) is 5.48. The normalized spacial score (nSPS) is 12.6. The third-order valence-electron chi connectivity index (χ3n) is 2.86. The minimum atomic E-state index is 0.553. The van der Waals surface area contributed by atoms with Crippen molar-refractivity contribution in [3.63, 3.8) is 0 Å². The molecule has 0 aromatic heterocycles. The minimum absolute atomic E-state index is 0.553. The predicted molar refractivity (Wildman–Crippen MR) is 81.0 cm³/mol. The van der Waals surface area contributed by atoms with E-state index in [1.807, 2.05) is 0 Å². The zero-order chi connectivity index (χ0) is 13.2. The van der Waals surface area contributed by atoms with Crippen molar-refractivity contribution in [3.8, 4) is 0 Å². The molecule has 1 unspecified atom stereocenters. The monoisotopic (exact) mass is 313 g/mol. The molecule has 0 fully saturated rings. The molecule has 0 saturated heterocycles. The number of nitrogens with one attached hydrogen (secondary N) is 1. The van der Waals surface area contributed by atoms with Gasteiger partial charge in [0.05, 0.1) is 6.61 Å². The van der Waals surface area contributed by atoms with Crippen LogP contribution in [-0.4, -0.2) is 26.3 Å². The first-order valence-corrected chi connectivity index (χ1v) is 7.58. The van der Waals surface area contributed by atoms with Crippen molar-refractivity contribution in [3.05, 3.63) is 34.3 Å². The van der Waals surface area contributed by atoms with E-state index >= 15 is 0 Å². The number of hydrogen-bond donors (Lipinski definition) is 1. The molecule has 0 saturated carbocycles. The first-order chi connectivity index (χ1) is 8.76. The fourth-order valence-electron chi connectivity index (χ4n) is 1.91. The Balaban J connectivity index is 2.45. The van der Waals surface area contributed by atoms with Crippen molar-refractivity contribution in [1.29, 1.82) is 0 Å². The van der Waals surface area contributed by atoms with E-state index in [-0.39, 0.29) is 0 Å². The Kier molecular flexibility index (Phi) is 8.31. The number of halogens is 1. The van der Waals surface area contributed by atoms with E-state index in [1.165, 1.54) is 12.0 Å². The van der Waals surface area contributed by atoms with Gasteiger partial charge in [0.15, 0.2) is 0 Å². The first-order valence-electron chi connectivity index (χ1n) is 6.79. The molecule has 18 heavy (non-hydrogen) atoms. The molecule has 0 aliphatic rings. The molecule has 0 bridgehead atoms. The first kappa shape index (κ1) is 15.7. The zero-order valence-electron chi connectivity index (χ0n) is 11.4. The number of ether oxygens (including phenoxy) is 1. The molecule has 0 aliphatic carbocycles. The summed E-state index contributed by atoms with van der Waals surface area (Å²) in [6.07, 6.45) is 2.25. The molecule has 0 spiro atoms. The summed E-state index contributed by atoms with van der Waals surface area (Å²) in [5, 5.41) is 3.49. The van der Waals surface area contributed by atoms with Crippen LogP contribution in [0.4, 0.5) is 0 Å². The second-order valence-electron chi connectivity index (χ2n) is 4.56. The van der Waals surface area contributed by atoms with Crippen molar-refractivity contribution < 1.29 is 4.74 Å². The van der Waals surface area contributed by atoms with Gasteiger partial charge in [0.2, 0.25) is 0 Å². The Bertz CT molecular complexity index is 313. The van der Waals surface area contributed by atoms with Crippen LogP contribution in [-0.2, 0) is 11.2 Å². The standard InChI is InChI=1S/C15H24BrNO/c1-3-9-17-11-14(12-18-4-2)10-13-5-7-15(16)8-6-13/h5-8,14,17H,3-4,9-12H2,1-2H3. The molecular formula is C15H24BrNO. The summed E-state index contributed by atoms with van der Waals surface area (Å²) in [6.45, 7) is 8.00. The van der Waals surface area contributed by atoms with Gasteiger partial charge in [0.25, 0.3) is 0 Å². The van der Waals surface area contributed by atoms with Gasteiger partial charge in [-0.2, -0.15) is 0 Å². The highest BCUT2D eigenvalue weighted by molar-refractivity contribution is 9.10. The Labute approximate surface area is 119 Å². The molecule has 3 heteroatoms. The fraction of sp³-hybridized carbons (Fsp3) is 0.600. The third kappa shape index (κ3) is 6.53. The van der Waals surface area contributed by atoms with Crippen molar-refractivity contribution in [2.24, 2.45) is 5.92 Å². The molecule has 102 valence electrons. The summed E-state index contributed by atoms with van der Waals surface area (Å²) < 4.78 is 6.71. The second kappa shape index (κ2) is 9.54. The highest BCUT2D eigenvalue weighted by Gasteiger charge is 2.09. The zero-order valence-corrected chi connectivity index (χ0v) is 13.0. The molecule has 1 rings (SSSR count). The summed E-state index contributed by atoms with van der Waals surface area (Å²) in [5.74, 6) is 0.553. The van der Waals surface area contributed by atoms with Crippen LogP contribution in [0.3, 0.4) is 0 Å². The van der Waals surface area contributed by atoms with E-state index in [1.54, 1.807) is 0 Å². The summed E-state index contributed by atoms with van der Waals surface area (Å²) in [6, 6.07) is 8.57. The number of hydrogen-bond acceptors (Lipinski definition) is 2. The Morgan fingerprint density at radius 3 is 2.56 bits per heavy atom. The molecule has 1 N–H and O–H groups in total. The maximum atomic E-state index is 5.57. The largest absolute Gasteiger partial charge is 0.381 e. The summed E-state index contributed by atoms with van der Waals surface area (Å²) in [5.41, 5.74) is 1.38. The molecule has 0 heterocycles. The van der Waals surface area contributed by atoms with Gasteiger partial charge in [-0.15, -0.1) is 0 Å². The lowest BCUT2D eigenvalue weighted by Crippen LogP contribution is -2.28. The van der Waals surface area contributed by atoms with Crippen LogP contribution < -0.4 is 5.32 Å². The Morgan fingerprint density at radius 2 is 1.94 bits per heavy atom. The van der Waals surface area contributed by atoms with Crippen molar-refractivity contribution in [2.45, 2.75) is 26.7 Å². The predicted octanol–water partition coefficient (Wildman–Crippen LogP) is 3.64. The van der Waals surface area contributed by atoms with Gasteiger partial charge in [0.1, 0.15) is 0 Å². The molecule has 2 nitrogen and oxygen atoms in total. The summed E-state index contributed by atoms with van der Waals surface area (Å²) >= 11 is 3.47. The van der Waals surface area contributed by atoms with Crippen LogP contribution in [0.2, 0.25) is 0 Å². The van der Waals surface area contributed by atoms with E-state index in [9.17, 15) is 0 Å². The quantitative estimate of drug-likeness (QED) is 0.703. The Morgan fingerprint density at radius 1 is 1.22 bits per heavy atom. The van der Waals surface area contributed by atoms with Crippen molar-refractivity contribution in [1.82, 2.24) is 5.32 Å². The topological polar surface area (TPSA) is 21.3 Å². The van der Waals surface area contributed by atoms with Crippen LogP contribution in [0.5, 0.6) is 0 Å². The lowest BCUT2D eigenvalue weighted by molar-refractivity contribution is 0.110. The lowest BCUT2D eigenvalue weighted by atomic mass is 10.00.